The largest absolute Gasteiger partial charge is 0.383 e. The summed E-state index contributed by atoms with van der Waals surface area (Å²) in [6.07, 6.45) is 1.64. The molecule has 0 N–H and O–H groups in total. The van der Waals surface area contributed by atoms with Gasteiger partial charge in [-0.05, 0) is 19.2 Å². The van der Waals surface area contributed by atoms with Gasteiger partial charge in [-0.3, -0.25) is 14.7 Å². The van der Waals surface area contributed by atoms with Crippen molar-refractivity contribution in [3.05, 3.63) is 36.5 Å². The Morgan fingerprint density at radius 3 is 3.00 bits per heavy atom. The SMILES string of the molecule is [CH2]C(=O)c1ccnc(CN(C)CCOC)c1. The molecule has 0 unspecified atom stereocenters. The van der Waals surface area contributed by atoms with E-state index in [1.54, 1.807) is 25.4 Å². The summed E-state index contributed by atoms with van der Waals surface area (Å²) in [6, 6.07) is 3.45. The maximum absolute atomic E-state index is 11.1. The molecule has 0 saturated carbocycles. The molecule has 1 aromatic heterocycles. The molecule has 0 bridgehead atoms. The molecule has 4 heteroatoms. The summed E-state index contributed by atoms with van der Waals surface area (Å²) >= 11 is 0. The van der Waals surface area contributed by atoms with Crippen LogP contribution in [0.4, 0.5) is 0 Å². The number of aromatic nitrogens is 1. The van der Waals surface area contributed by atoms with E-state index in [0.717, 1.165) is 12.2 Å². The zero-order chi connectivity index (χ0) is 12.0. The first-order valence-electron chi connectivity index (χ1n) is 5.12. The van der Waals surface area contributed by atoms with E-state index < -0.39 is 0 Å². The standard InChI is InChI=1S/C12H17N2O2/c1-10(15)11-4-5-13-12(8-11)9-14(2)6-7-16-3/h4-5,8H,1,6-7,9H2,2-3H3. The molecule has 0 saturated heterocycles. The van der Waals surface area contributed by atoms with Crippen LogP contribution in [0.3, 0.4) is 0 Å². The number of hydrogen-bond donors (Lipinski definition) is 0. The Morgan fingerprint density at radius 1 is 1.62 bits per heavy atom. The minimum atomic E-state index is -0.178. The van der Waals surface area contributed by atoms with Crippen molar-refractivity contribution in [3.63, 3.8) is 0 Å². The maximum atomic E-state index is 11.1. The Labute approximate surface area is 96.2 Å². The average Bonchev–Trinajstić information content (AvgIpc) is 2.26. The quantitative estimate of drug-likeness (QED) is 0.676. The number of carbonyl (C=O) groups excluding carboxylic acids is 1. The summed E-state index contributed by atoms with van der Waals surface area (Å²) in [4.78, 5) is 17.4. The van der Waals surface area contributed by atoms with Crippen LogP contribution in [0.1, 0.15) is 16.1 Å². The van der Waals surface area contributed by atoms with Crippen molar-refractivity contribution in [3.8, 4) is 0 Å². The molecular weight excluding hydrogens is 204 g/mol. The van der Waals surface area contributed by atoms with E-state index in [9.17, 15) is 4.79 Å². The molecule has 0 fully saturated rings. The molecule has 0 spiro atoms. The molecule has 87 valence electrons. The molecule has 0 aliphatic carbocycles. The molecule has 1 heterocycles. The van der Waals surface area contributed by atoms with Crippen LogP contribution in [-0.4, -0.2) is 43.0 Å². The highest BCUT2D eigenvalue weighted by Gasteiger charge is 2.04. The van der Waals surface area contributed by atoms with E-state index in [1.165, 1.54) is 0 Å². The van der Waals surface area contributed by atoms with Crippen molar-refractivity contribution in [1.29, 1.82) is 0 Å². The van der Waals surface area contributed by atoms with Gasteiger partial charge >= 0.3 is 0 Å². The number of rotatable bonds is 6. The van der Waals surface area contributed by atoms with Crippen LogP contribution in [0.5, 0.6) is 0 Å². The van der Waals surface area contributed by atoms with Crippen molar-refractivity contribution in [2.24, 2.45) is 0 Å². The number of carbonyl (C=O) groups is 1. The molecule has 1 aromatic rings. The molecular formula is C12H17N2O2. The van der Waals surface area contributed by atoms with Gasteiger partial charge in [-0.25, -0.2) is 0 Å². The summed E-state index contributed by atoms with van der Waals surface area (Å²) in [7, 11) is 3.66. The second kappa shape index (κ2) is 6.35. The van der Waals surface area contributed by atoms with Gasteiger partial charge in [0.1, 0.15) is 0 Å². The number of likely N-dealkylation sites (N-methyl/N-ethyl adjacent to an activating group) is 1. The molecule has 0 aromatic carbocycles. The van der Waals surface area contributed by atoms with Crippen molar-refractivity contribution in [2.75, 3.05) is 27.3 Å². The lowest BCUT2D eigenvalue weighted by molar-refractivity contribution is 0.104. The van der Waals surface area contributed by atoms with E-state index in [4.69, 9.17) is 4.74 Å². The van der Waals surface area contributed by atoms with Gasteiger partial charge in [-0.15, -0.1) is 0 Å². The Morgan fingerprint density at radius 2 is 2.38 bits per heavy atom. The lowest BCUT2D eigenvalue weighted by Gasteiger charge is -2.15. The molecule has 1 rings (SSSR count). The smallest absolute Gasteiger partial charge is 0.163 e. The number of pyridine rings is 1. The van der Waals surface area contributed by atoms with Crippen LogP contribution in [-0.2, 0) is 11.3 Å². The van der Waals surface area contributed by atoms with Crippen molar-refractivity contribution >= 4 is 5.78 Å². The predicted molar refractivity (Wildman–Crippen MR) is 62.1 cm³/mol. The van der Waals surface area contributed by atoms with Crippen LogP contribution in [0, 0.1) is 6.92 Å². The lowest BCUT2D eigenvalue weighted by atomic mass is 10.1. The second-order valence-electron chi connectivity index (χ2n) is 3.69. The summed E-state index contributed by atoms with van der Waals surface area (Å²) in [5, 5.41) is 0. The molecule has 0 aliphatic rings. The molecule has 1 radical (unpaired) electrons. The Balaban J connectivity index is 2.59. The number of methoxy groups -OCH3 is 1. The maximum Gasteiger partial charge on any atom is 0.163 e. The van der Waals surface area contributed by atoms with E-state index in [2.05, 4.69) is 16.8 Å². The van der Waals surface area contributed by atoms with Crippen LogP contribution >= 0.6 is 0 Å². The first-order chi connectivity index (χ1) is 7.63. The molecule has 16 heavy (non-hydrogen) atoms. The van der Waals surface area contributed by atoms with Crippen molar-refractivity contribution < 1.29 is 9.53 Å². The third-order valence-electron chi connectivity index (χ3n) is 2.25. The fourth-order valence-corrected chi connectivity index (χ4v) is 1.34. The highest BCUT2D eigenvalue weighted by molar-refractivity contribution is 5.99. The number of hydrogen-bond acceptors (Lipinski definition) is 4. The van der Waals surface area contributed by atoms with Crippen molar-refractivity contribution in [1.82, 2.24) is 9.88 Å². The number of Topliss-reactive ketones (excluding diaryl/α,β-unsaturated/α-hetero) is 1. The van der Waals surface area contributed by atoms with Crippen LogP contribution in [0.15, 0.2) is 18.3 Å². The minimum absolute atomic E-state index is 0.178. The summed E-state index contributed by atoms with van der Waals surface area (Å²) in [6.45, 7) is 5.60. The van der Waals surface area contributed by atoms with E-state index in [1.807, 2.05) is 7.05 Å². The average molecular weight is 221 g/mol. The second-order valence-corrected chi connectivity index (χ2v) is 3.69. The fourth-order valence-electron chi connectivity index (χ4n) is 1.34. The zero-order valence-electron chi connectivity index (χ0n) is 9.77. The van der Waals surface area contributed by atoms with Gasteiger partial charge in [0, 0.05) is 38.9 Å². The van der Waals surface area contributed by atoms with Gasteiger partial charge in [0.25, 0.3) is 0 Å². The third-order valence-corrected chi connectivity index (χ3v) is 2.25. The number of ether oxygens (including phenoxy) is 1. The normalized spacial score (nSPS) is 10.8. The van der Waals surface area contributed by atoms with Gasteiger partial charge in [-0.2, -0.15) is 0 Å². The highest BCUT2D eigenvalue weighted by Crippen LogP contribution is 2.04. The number of ketones is 1. The minimum Gasteiger partial charge on any atom is -0.383 e. The first-order valence-corrected chi connectivity index (χ1v) is 5.12. The van der Waals surface area contributed by atoms with Crippen LogP contribution < -0.4 is 0 Å². The highest BCUT2D eigenvalue weighted by atomic mass is 16.5. The Kier molecular flexibility index (Phi) is 5.08. The predicted octanol–water partition coefficient (Wildman–Crippen LogP) is 1.18. The van der Waals surface area contributed by atoms with Gasteiger partial charge in [0.2, 0.25) is 0 Å². The van der Waals surface area contributed by atoms with E-state index >= 15 is 0 Å². The topological polar surface area (TPSA) is 42.4 Å². The van der Waals surface area contributed by atoms with Gasteiger partial charge in [0.15, 0.2) is 5.78 Å². The summed E-state index contributed by atoms with van der Waals surface area (Å²) < 4.78 is 4.99. The van der Waals surface area contributed by atoms with Crippen molar-refractivity contribution in [2.45, 2.75) is 6.54 Å². The van der Waals surface area contributed by atoms with Gasteiger partial charge < -0.3 is 4.74 Å². The Bertz CT molecular complexity index is 353. The third kappa shape index (κ3) is 4.08. The monoisotopic (exact) mass is 221 g/mol. The first kappa shape index (κ1) is 12.8. The van der Waals surface area contributed by atoms with Gasteiger partial charge in [-0.1, -0.05) is 0 Å². The Hall–Kier alpha value is -1.26. The fraction of sp³-hybridized carbons (Fsp3) is 0.417. The lowest BCUT2D eigenvalue weighted by Crippen LogP contribution is -2.22. The summed E-state index contributed by atoms with van der Waals surface area (Å²) in [5.74, 6) is -0.178. The molecule has 0 aliphatic heterocycles. The van der Waals surface area contributed by atoms with Crippen LogP contribution in [0.2, 0.25) is 0 Å². The van der Waals surface area contributed by atoms with E-state index in [-0.39, 0.29) is 5.78 Å². The molecule has 0 amide bonds. The van der Waals surface area contributed by atoms with Gasteiger partial charge in [0.05, 0.1) is 12.3 Å². The zero-order valence-corrected chi connectivity index (χ0v) is 9.77. The van der Waals surface area contributed by atoms with E-state index in [0.29, 0.717) is 18.7 Å². The molecule has 4 nitrogen and oxygen atoms in total. The van der Waals surface area contributed by atoms with Crippen LogP contribution in [0.25, 0.3) is 0 Å². The summed E-state index contributed by atoms with van der Waals surface area (Å²) in [5.41, 5.74) is 1.47. The number of nitrogens with zero attached hydrogens (tertiary/aromatic N) is 2. The molecule has 0 atom stereocenters.